The summed E-state index contributed by atoms with van der Waals surface area (Å²) in [7, 11) is 2.83. The Labute approximate surface area is 113 Å². The number of hydrogen-bond acceptors (Lipinski definition) is 6. The van der Waals surface area contributed by atoms with Crippen LogP contribution in [-0.4, -0.2) is 55.8 Å². The topological polar surface area (TPSA) is 67.6 Å². The van der Waals surface area contributed by atoms with E-state index in [9.17, 15) is 18.0 Å². The maximum atomic E-state index is 12.4. The van der Waals surface area contributed by atoms with E-state index in [4.69, 9.17) is 4.42 Å². The van der Waals surface area contributed by atoms with Gasteiger partial charge in [0.15, 0.2) is 5.69 Å². The Morgan fingerprint density at radius 2 is 2.25 bits per heavy atom. The second-order valence-electron chi connectivity index (χ2n) is 4.05. The summed E-state index contributed by atoms with van der Waals surface area (Å²) in [4.78, 5) is 16.1. The first-order valence-corrected chi connectivity index (χ1v) is 5.82. The van der Waals surface area contributed by atoms with Crippen LogP contribution < -0.4 is 5.32 Å². The Morgan fingerprint density at radius 1 is 1.55 bits per heavy atom. The molecule has 6 nitrogen and oxygen atoms in total. The van der Waals surface area contributed by atoms with Crippen LogP contribution in [0.3, 0.4) is 0 Å². The quantitative estimate of drug-likeness (QED) is 0.758. The molecule has 0 aliphatic carbocycles. The lowest BCUT2D eigenvalue weighted by molar-refractivity contribution is -0.147. The first-order valence-electron chi connectivity index (χ1n) is 5.82. The van der Waals surface area contributed by atoms with Crippen molar-refractivity contribution >= 4 is 5.97 Å². The van der Waals surface area contributed by atoms with Crippen LogP contribution >= 0.6 is 0 Å². The molecule has 9 heteroatoms. The molecule has 0 amide bonds. The zero-order chi connectivity index (χ0) is 15.2. The van der Waals surface area contributed by atoms with E-state index >= 15 is 0 Å². The minimum absolute atomic E-state index is 0.0331. The summed E-state index contributed by atoms with van der Waals surface area (Å²) >= 11 is 0. The van der Waals surface area contributed by atoms with Crippen LogP contribution in [0.1, 0.15) is 16.4 Å². The van der Waals surface area contributed by atoms with Crippen molar-refractivity contribution in [3.8, 4) is 0 Å². The highest BCUT2D eigenvalue weighted by molar-refractivity contribution is 5.86. The number of likely N-dealkylation sites (N-methyl/N-ethyl adjacent to an activating group) is 1. The van der Waals surface area contributed by atoms with Crippen molar-refractivity contribution in [1.82, 2.24) is 15.2 Å². The Hall–Kier alpha value is -1.61. The maximum absolute atomic E-state index is 12.4. The number of methoxy groups -OCH3 is 1. The van der Waals surface area contributed by atoms with Gasteiger partial charge >= 0.3 is 12.1 Å². The molecule has 0 atom stereocenters. The lowest BCUT2D eigenvalue weighted by Crippen LogP contribution is -2.37. The van der Waals surface area contributed by atoms with Crippen LogP contribution in [-0.2, 0) is 11.3 Å². The van der Waals surface area contributed by atoms with Gasteiger partial charge in [-0.2, -0.15) is 13.2 Å². The van der Waals surface area contributed by atoms with Gasteiger partial charge in [0.1, 0.15) is 6.26 Å². The Morgan fingerprint density at radius 3 is 2.80 bits per heavy atom. The van der Waals surface area contributed by atoms with Crippen LogP contribution in [0.4, 0.5) is 13.2 Å². The van der Waals surface area contributed by atoms with E-state index in [0.29, 0.717) is 6.54 Å². The van der Waals surface area contributed by atoms with Gasteiger partial charge in [-0.1, -0.05) is 0 Å². The maximum Gasteiger partial charge on any atom is 0.401 e. The summed E-state index contributed by atoms with van der Waals surface area (Å²) in [6.45, 7) is -0.657. The molecule has 0 saturated carbocycles. The lowest BCUT2D eigenvalue weighted by atomic mass is 10.4. The van der Waals surface area contributed by atoms with E-state index in [1.807, 2.05) is 0 Å². The molecule has 0 aliphatic rings. The van der Waals surface area contributed by atoms with E-state index in [-0.39, 0.29) is 24.7 Å². The highest BCUT2D eigenvalue weighted by Crippen LogP contribution is 2.18. The number of alkyl halides is 3. The molecule has 1 aromatic rings. The van der Waals surface area contributed by atoms with Crippen molar-refractivity contribution in [2.45, 2.75) is 12.7 Å². The summed E-state index contributed by atoms with van der Waals surface area (Å²) in [5.41, 5.74) is -0.0666. The standard InChI is InChI=1S/C11H16F3N3O3/c1-15-3-4-17(7-11(12,13)14)5-9-16-8(6-20-9)10(18)19-2/h6,15H,3-5,7H2,1-2H3. The number of nitrogens with one attached hydrogen (secondary N) is 1. The first kappa shape index (κ1) is 16.4. The third-order valence-corrected chi connectivity index (χ3v) is 2.39. The van der Waals surface area contributed by atoms with Gasteiger partial charge in [0.25, 0.3) is 0 Å². The molecule has 114 valence electrons. The van der Waals surface area contributed by atoms with Gasteiger partial charge < -0.3 is 14.5 Å². The second-order valence-corrected chi connectivity index (χ2v) is 4.05. The molecule has 1 N–H and O–H groups in total. The molecule has 0 saturated heterocycles. The minimum Gasteiger partial charge on any atom is -0.464 e. The van der Waals surface area contributed by atoms with Crippen LogP contribution in [0.15, 0.2) is 10.7 Å². The van der Waals surface area contributed by atoms with Crippen molar-refractivity contribution in [3.05, 3.63) is 17.8 Å². The Balaban J connectivity index is 2.68. The number of ether oxygens (including phenoxy) is 1. The summed E-state index contributed by atoms with van der Waals surface area (Å²) in [6.07, 6.45) is -3.25. The number of carbonyl (C=O) groups excluding carboxylic acids is 1. The van der Waals surface area contributed by atoms with Crippen molar-refractivity contribution in [2.24, 2.45) is 0 Å². The number of rotatable bonds is 7. The van der Waals surface area contributed by atoms with Gasteiger partial charge in [-0.15, -0.1) is 0 Å². The molecular weight excluding hydrogens is 279 g/mol. The molecule has 0 bridgehead atoms. The van der Waals surface area contributed by atoms with Crippen LogP contribution in [0.25, 0.3) is 0 Å². The van der Waals surface area contributed by atoms with E-state index in [1.54, 1.807) is 7.05 Å². The fourth-order valence-electron chi connectivity index (χ4n) is 1.51. The average molecular weight is 295 g/mol. The Bertz CT molecular complexity index is 434. The van der Waals surface area contributed by atoms with E-state index in [2.05, 4.69) is 15.0 Å². The number of hydrogen-bond donors (Lipinski definition) is 1. The normalized spacial score (nSPS) is 11.9. The number of halogens is 3. The average Bonchev–Trinajstić information content (AvgIpc) is 2.81. The van der Waals surface area contributed by atoms with Crippen LogP contribution in [0.2, 0.25) is 0 Å². The third kappa shape index (κ3) is 5.57. The van der Waals surface area contributed by atoms with Crippen molar-refractivity contribution in [1.29, 1.82) is 0 Å². The SMILES string of the molecule is CNCCN(Cc1nc(C(=O)OC)co1)CC(F)(F)F. The highest BCUT2D eigenvalue weighted by Gasteiger charge is 2.31. The zero-order valence-corrected chi connectivity index (χ0v) is 11.2. The summed E-state index contributed by atoms with van der Waals surface area (Å²) in [5, 5.41) is 2.77. The number of esters is 1. The number of nitrogens with zero attached hydrogens (tertiary/aromatic N) is 2. The fourth-order valence-corrected chi connectivity index (χ4v) is 1.51. The molecule has 20 heavy (non-hydrogen) atoms. The number of oxazole rings is 1. The zero-order valence-electron chi connectivity index (χ0n) is 11.2. The summed E-state index contributed by atoms with van der Waals surface area (Å²) < 4.78 is 46.7. The molecule has 0 spiro atoms. The van der Waals surface area contributed by atoms with Gasteiger partial charge in [-0.25, -0.2) is 9.78 Å². The molecule has 0 radical (unpaired) electrons. The van der Waals surface area contributed by atoms with Crippen molar-refractivity contribution in [2.75, 3.05) is 33.8 Å². The predicted molar refractivity (Wildman–Crippen MR) is 63.1 cm³/mol. The lowest BCUT2D eigenvalue weighted by Gasteiger charge is -2.21. The molecular formula is C11H16F3N3O3. The Kier molecular flexibility index (Phi) is 5.96. The number of aromatic nitrogens is 1. The van der Waals surface area contributed by atoms with Gasteiger partial charge in [-0.3, -0.25) is 4.90 Å². The molecule has 0 fully saturated rings. The molecule has 1 heterocycles. The highest BCUT2D eigenvalue weighted by atomic mass is 19.4. The van der Waals surface area contributed by atoms with Gasteiger partial charge in [-0.05, 0) is 7.05 Å². The third-order valence-electron chi connectivity index (χ3n) is 2.39. The van der Waals surface area contributed by atoms with Gasteiger partial charge in [0.05, 0.1) is 20.2 Å². The second kappa shape index (κ2) is 7.25. The predicted octanol–water partition coefficient (Wildman–Crippen LogP) is 1.04. The monoisotopic (exact) mass is 295 g/mol. The summed E-state index contributed by atoms with van der Waals surface area (Å²) in [5.74, 6) is -0.664. The van der Waals surface area contributed by atoms with Gasteiger partial charge in [0, 0.05) is 13.1 Å². The smallest absolute Gasteiger partial charge is 0.401 e. The van der Waals surface area contributed by atoms with Crippen LogP contribution in [0.5, 0.6) is 0 Å². The first-order chi connectivity index (χ1) is 9.35. The largest absolute Gasteiger partial charge is 0.464 e. The molecule has 0 aromatic carbocycles. The minimum atomic E-state index is -4.31. The fraction of sp³-hybridized carbons (Fsp3) is 0.636. The van der Waals surface area contributed by atoms with Crippen molar-refractivity contribution in [3.63, 3.8) is 0 Å². The van der Waals surface area contributed by atoms with Crippen molar-refractivity contribution < 1.29 is 27.1 Å². The van der Waals surface area contributed by atoms with E-state index in [1.165, 1.54) is 7.11 Å². The summed E-state index contributed by atoms with van der Waals surface area (Å²) in [6, 6.07) is 0. The molecule has 1 aromatic heterocycles. The molecule has 0 unspecified atom stereocenters. The van der Waals surface area contributed by atoms with Crippen LogP contribution in [0, 0.1) is 0 Å². The van der Waals surface area contributed by atoms with E-state index < -0.39 is 18.7 Å². The molecule has 1 rings (SSSR count). The number of carbonyl (C=O) groups is 1. The van der Waals surface area contributed by atoms with Gasteiger partial charge in [0.2, 0.25) is 5.89 Å². The molecule has 0 aliphatic heterocycles. The van der Waals surface area contributed by atoms with E-state index in [0.717, 1.165) is 11.2 Å².